The third-order valence-electron chi connectivity index (χ3n) is 1.65. The standard InChI is InChI=1S/C9H10O4S/c1-7(13-14(11)12)9(10)8-5-3-2-4-6-8/h2-7H,1H3,(H,11,12)/p-1. The second-order valence-corrected chi connectivity index (χ2v) is 3.27. The Labute approximate surface area is 84.4 Å². The topological polar surface area (TPSA) is 66.4 Å². The van der Waals surface area contributed by atoms with Crippen LogP contribution in [0.5, 0.6) is 0 Å². The number of Topliss-reactive ketones (excluding diaryl/α,β-unsaturated/α-hetero) is 1. The molecule has 2 atom stereocenters. The largest absolute Gasteiger partial charge is 0.750 e. The lowest BCUT2D eigenvalue weighted by atomic mass is 10.1. The molecule has 1 aromatic carbocycles. The molecule has 0 saturated heterocycles. The molecule has 76 valence electrons. The first-order chi connectivity index (χ1) is 6.61. The van der Waals surface area contributed by atoms with E-state index in [1.54, 1.807) is 30.3 Å². The average Bonchev–Trinajstić information content (AvgIpc) is 2.17. The summed E-state index contributed by atoms with van der Waals surface area (Å²) in [5.41, 5.74) is 0.436. The minimum absolute atomic E-state index is 0.352. The third-order valence-corrected chi connectivity index (χ3v) is 2.10. The number of hydrogen-bond acceptors (Lipinski definition) is 4. The van der Waals surface area contributed by atoms with Gasteiger partial charge in [0.2, 0.25) is 0 Å². The molecule has 0 saturated carbocycles. The van der Waals surface area contributed by atoms with Gasteiger partial charge in [-0.15, -0.1) is 0 Å². The molecule has 5 heteroatoms. The van der Waals surface area contributed by atoms with Crippen LogP contribution < -0.4 is 0 Å². The highest BCUT2D eigenvalue weighted by atomic mass is 32.2. The summed E-state index contributed by atoms with van der Waals surface area (Å²) in [6.07, 6.45) is -0.976. The summed E-state index contributed by atoms with van der Waals surface area (Å²) in [6, 6.07) is 8.39. The van der Waals surface area contributed by atoms with Gasteiger partial charge in [0, 0.05) is 5.56 Å². The predicted octanol–water partition coefficient (Wildman–Crippen LogP) is 1.07. The van der Waals surface area contributed by atoms with E-state index < -0.39 is 17.5 Å². The fourth-order valence-electron chi connectivity index (χ4n) is 0.999. The highest BCUT2D eigenvalue weighted by molar-refractivity contribution is 7.74. The Morgan fingerprint density at radius 2 is 2.00 bits per heavy atom. The minimum atomic E-state index is -2.66. The predicted molar refractivity (Wildman–Crippen MR) is 50.2 cm³/mol. The van der Waals surface area contributed by atoms with Crippen molar-refractivity contribution in [3.63, 3.8) is 0 Å². The molecule has 0 aromatic heterocycles. The number of hydrogen-bond donors (Lipinski definition) is 0. The first-order valence-electron chi connectivity index (χ1n) is 3.97. The van der Waals surface area contributed by atoms with Gasteiger partial charge in [0.25, 0.3) is 0 Å². The lowest BCUT2D eigenvalue weighted by Gasteiger charge is -2.12. The first kappa shape index (κ1) is 11.0. The van der Waals surface area contributed by atoms with E-state index in [0.717, 1.165) is 0 Å². The molecule has 0 heterocycles. The fourth-order valence-corrected chi connectivity index (χ4v) is 1.32. The van der Waals surface area contributed by atoms with Crippen LogP contribution in [0.2, 0.25) is 0 Å². The van der Waals surface area contributed by atoms with Gasteiger partial charge in [0.1, 0.15) is 6.10 Å². The van der Waals surface area contributed by atoms with Gasteiger partial charge in [-0.3, -0.25) is 8.98 Å². The Morgan fingerprint density at radius 1 is 1.43 bits per heavy atom. The number of carbonyl (C=O) groups excluding carboxylic acids is 1. The van der Waals surface area contributed by atoms with E-state index in [-0.39, 0.29) is 5.78 Å². The van der Waals surface area contributed by atoms with Gasteiger partial charge in [-0.2, -0.15) is 0 Å². The van der Waals surface area contributed by atoms with E-state index in [0.29, 0.717) is 5.56 Å². The van der Waals surface area contributed by atoms with Crippen LogP contribution in [0.4, 0.5) is 0 Å². The molecule has 0 aliphatic carbocycles. The SMILES string of the molecule is CC(OS(=O)[O-])C(=O)c1ccccc1. The van der Waals surface area contributed by atoms with Gasteiger partial charge in [0.05, 0.1) is 11.4 Å². The Morgan fingerprint density at radius 3 is 2.50 bits per heavy atom. The van der Waals surface area contributed by atoms with Crippen LogP contribution in [0.1, 0.15) is 17.3 Å². The van der Waals surface area contributed by atoms with Gasteiger partial charge >= 0.3 is 0 Å². The summed E-state index contributed by atoms with van der Waals surface area (Å²) in [5.74, 6) is -0.352. The third kappa shape index (κ3) is 3.02. The van der Waals surface area contributed by atoms with Crippen LogP contribution in [0.15, 0.2) is 30.3 Å². The van der Waals surface area contributed by atoms with Crippen LogP contribution in [0.3, 0.4) is 0 Å². The van der Waals surface area contributed by atoms with Crippen LogP contribution in [-0.4, -0.2) is 20.6 Å². The van der Waals surface area contributed by atoms with Crippen LogP contribution >= 0.6 is 0 Å². The van der Waals surface area contributed by atoms with Crippen molar-refractivity contribution in [1.29, 1.82) is 0 Å². The molecule has 4 nitrogen and oxygen atoms in total. The molecular formula is C9H9O4S-. The van der Waals surface area contributed by atoms with E-state index >= 15 is 0 Å². The zero-order valence-corrected chi connectivity index (χ0v) is 8.32. The summed E-state index contributed by atoms with van der Waals surface area (Å²) in [7, 11) is 0. The monoisotopic (exact) mass is 213 g/mol. The molecule has 0 spiro atoms. The van der Waals surface area contributed by atoms with E-state index in [2.05, 4.69) is 4.18 Å². The molecule has 0 N–H and O–H groups in total. The second kappa shape index (κ2) is 4.99. The highest BCUT2D eigenvalue weighted by Gasteiger charge is 2.15. The zero-order chi connectivity index (χ0) is 10.6. The first-order valence-corrected chi connectivity index (χ1v) is 4.97. The summed E-state index contributed by atoms with van der Waals surface area (Å²) < 4.78 is 24.7. The van der Waals surface area contributed by atoms with Crippen molar-refractivity contribution in [1.82, 2.24) is 0 Å². The molecule has 14 heavy (non-hydrogen) atoms. The van der Waals surface area contributed by atoms with Crippen molar-refractivity contribution < 1.29 is 17.7 Å². The molecule has 0 fully saturated rings. The van der Waals surface area contributed by atoms with Crippen LogP contribution in [-0.2, 0) is 15.5 Å². The van der Waals surface area contributed by atoms with Gasteiger partial charge < -0.3 is 4.55 Å². The molecule has 2 unspecified atom stereocenters. The number of carbonyl (C=O) groups is 1. The van der Waals surface area contributed by atoms with E-state index in [9.17, 15) is 13.6 Å². The molecule has 0 bridgehead atoms. The zero-order valence-electron chi connectivity index (χ0n) is 7.51. The number of ketones is 1. The van der Waals surface area contributed by atoms with Crippen LogP contribution in [0.25, 0.3) is 0 Å². The molecule has 1 aromatic rings. The number of benzene rings is 1. The lowest BCUT2D eigenvalue weighted by Crippen LogP contribution is -2.21. The lowest BCUT2D eigenvalue weighted by molar-refractivity contribution is 0.0821. The Kier molecular flexibility index (Phi) is 3.94. The quantitative estimate of drug-likeness (QED) is 0.554. The van der Waals surface area contributed by atoms with Gasteiger partial charge in [0.15, 0.2) is 5.78 Å². The molecular weight excluding hydrogens is 204 g/mol. The van der Waals surface area contributed by atoms with E-state index in [1.165, 1.54) is 6.92 Å². The normalized spacial score (nSPS) is 14.7. The van der Waals surface area contributed by atoms with Gasteiger partial charge in [-0.1, -0.05) is 30.3 Å². The molecule has 0 radical (unpaired) electrons. The van der Waals surface area contributed by atoms with E-state index in [1.807, 2.05) is 0 Å². The van der Waals surface area contributed by atoms with Crippen LogP contribution in [0, 0.1) is 0 Å². The maximum absolute atomic E-state index is 11.5. The summed E-state index contributed by atoms with van der Waals surface area (Å²) in [4.78, 5) is 11.5. The Balaban J connectivity index is 2.71. The van der Waals surface area contributed by atoms with E-state index in [4.69, 9.17) is 0 Å². The summed E-state index contributed by atoms with van der Waals surface area (Å²) >= 11 is -2.66. The van der Waals surface area contributed by atoms with Gasteiger partial charge in [-0.25, -0.2) is 4.21 Å². The smallest absolute Gasteiger partial charge is 0.192 e. The Bertz CT molecular complexity index is 336. The molecule has 0 amide bonds. The Hall–Kier alpha value is -1.04. The second-order valence-electron chi connectivity index (χ2n) is 2.67. The number of rotatable bonds is 4. The van der Waals surface area contributed by atoms with Gasteiger partial charge in [-0.05, 0) is 6.92 Å². The minimum Gasteiger partial charge on any atom is -0.750 e. The van der Waals surface area contributed by atoms with Crippen molar-refractivity contribution in [3.05, 3.63) is 35.9 Å². The van der Waals surface area contributed by atoms with Crippen molar-refractivity contribution >= 4 is 17.1 Å². The maximum Gasteiger partial charge on any atom is 0.192 e. The summed E-state index contributed by atoms with van der Waals surface area (Å²) in [6.45, 7) is 1.39. The maximum atomic E-state index is 11.5. The molecule has 0 aliphatic rings. The van der Waals surface area contributed by atoms with Crippen molar-refractivity contribution in [2.45, 2.75) is 13.0 Å². The molecule has 0 aliphatic heterocycles. The molecule has 1 rings (SSSR count). The fraction of sp³-hybridized carbons (Fsp3) is 0.222. The van der Waals surface area contributed by atoms with Crippen molar-refractivity contribution in [3.8, 4) is 0 Å². The van der Waals surface area contributed by atoms with Crippen molar-refractivity contribution in [2.24, 2.45) is 0 Å². The highest BCUT2D eigenvalue weighted by Crippen LogP contribution is 2.06. The summed E-state index contributed by atoms with van der Waals surface area (Å²) in [5, 5.41) is 0. The average molecular weight is 213 g/mol. The van der Waals surface area contributed by atoms with Crippen molar-refractivity contribution in [2.75, 3.05) is 0 Å².